The second-order valence-electron chi connectivity index (χ2n) is 6.64. The topological polar surface area (TPSA) is 49.4 Å². The zero-order valence-corrected chi connectivity index (χ0v) is 14.7. The number of carbonyl (C=O) groups is 2. The Kier molecular flexibility index (Phi) is 5.02. The number of nitrogens with one attached hydrogen (secondary N) is 1. The summed E-state index contributed by atoms with van der Waals surface area (Å²) in [4.78, 5) is 26.4. The van der Waals surface area contributed by atoms with Crippen LogP contribution in [0.1, 0.15) is 36.2 Å². The van der Waals surface area contributed by atoms with Crippen molar-refractivity contribution in [3.63, 3.8) is 0 Å². The largest absolute Gasteiger partial charge is 0.322 e. The highest BCUT2D eigenvalue weighted by Gasteiger charge is 2.25. The first kappa shape index (κ1) is 18.0. The van der Waals surface area contributed by atoms with Crippen LogP contribution in [0.3, 0.4) is 0 Å². The van der Waals surface area contributed by atoms with Crippen LogP contribution in [0.25, 0.3) is 0 Å². The minimum Gasteiger partial charge on any atom is -0.322 e. The van der Waals surface area contributed by atoms with E-state index >= 15 is 0 Å². The highest BCUT2D eigenvalue weighted by molar-refractivity contribution is 6.05. The summed E-state index contributed by atoms with van der Waals surface area (Å²) in [5.41, 5.74) is 1.52. The van der Waals surface area contributed by atoms with E-state index in [1.807, 2.05) is 19.9 Å². The maximum atomic E-state index is 13.8. The second-order valence-corrected chi connectivity index (χ2v) is 6.64. The van der Waals surface area contributed by atoms with Gasteiger partial charge in [-0.3, -0.25) is 9.59 Å². The van der Waals surface area contributed by atoms with Crippen LogP contribution in [0.4, 0.5) is 20.2 Å². The van der Waals surface area contributed by atoms with E-state index in [9.17, 15) is 18.4 Å². The van der Waals surface area contributed by atoms with Crippen LogP contribution in [0, 0.1) is 17.6 Å². The smallest absolute Gasteiger partial charge is 0.261 e. The number of nitrogens with zero attached hydrogens (tertiary/aromatic N) is 1. The van der Waals surface area contributed by atoms with Gasteiger partial charge in [-0.2, -0.15) is 0 Å². The Morgan fingerprint density at radius 2 is 1.81 bits per heavy atom. The molecule has 1 heterocycles. The first-order valence-corrected chi connectivity index (χ1v) is 8.58. The van der Waals surface area contributed by atoms with Crippen molar-refractivity contribution in [2.45, 2.75) is 26.7 Å². The van der Waals surface area contributed by atoms with E-state index in [1.165, 1.54) is 6.07 Å². The number of halogens is 2. The van der Waals surface area contributed by atoms with E-state index in [0.29, 0.717) is 12.2 Å². The van der Waals surface area contributed by atoms with Crippen molar-refractivity contribution in [3.8, 4) is 0 Å². The Morgan fingerprint density at radius 3 is 2.46 bits per heavy atom. The van der Waals surface area contributed by atoms with Crippen molar-refractivity contribution < 1.29 is 18.4 Å². The van der Waals surface area contributed by atoms with Gasteiger partial charge in [0.1, 0.15) is 17.2 Å². The Hall–Kier alpha value is -2.76. The zero-order valence-electron chi connectivity index (χ0n) is 14.7. The van der Waals surface area contributed by atoms with Crippen molar-refractivity contribution in [2.75, 3.05) is 16.8 Å². The van der Waals surface area contributed by atoms with Gasteiger partial charge in [0.2, 0.25) is 5.91 Å². The summed E-state index contributed by atoms with van der Waals surface area (Å²) >= 11 is 0. The minimum atomic E-state index is -0.919. The average molecular weight is 358 g/mol. The highest BCUT2D eigenvalue weighted by Crippen LogP contribution is 2.31. The number of rotatable bonds is 3. The molecular formula is C20H20F2N2O2. The van der Waals surface area contributed by atoms with E-state index in [2.05, 4.69) is 5.32 Å². The number of amides is 2. The maximum absolute atomic E-state index is 13.8. The average Bonchev–Trinajstić information content (AvgIpc) is 2.60. The number of hydrogen-bond acceptors (Lipinski definition) is 2. The molecule has 2 amide bonds. The minimum absolute atomic E-state index is 0.00887. The lowest BCUT2D eigenvalue weighted by Crippen LogP contribution is -2.38. The fourth-order valence-electron chi connectivity index (χ4n) is 3.10. The van der Waals surface area contributed by atoms with Crippen LogP contribution in [0.5, 0.6) is 0 Å². The fraction of sp³-hybridized carbons (Fsp3) is 0.300. The normalized spacial score (nSPS) is 13.5. The fourth-order valence-corrected chi connectivity index (χ4v) is 3.10. The van der Waals surface area contributed by atoms with Crippen LogP contribution in [0.15, 0.2) is 36.4 Å². The molecule has 0 atom stereocenters. The number of fused-ring (bicyclic) bond motifs is 1. The number of benzene rings is 2. The van der Waals surface area contributed by atoms with Crippen molar-refractivity contribution in [3.05, 3.63) is 59.2 Å². The summed E-state index contributed by atoms with van der Waals surface area (Å²) in [7, 11) is 0. The SMILES string of the molecule is CC(C)C(=O)N1CCCc2ccc(NC(=O)c3c(F)cccc3F)cc21. The number of anilines is 2. The third-order valence-corrected chi connectivity index (χ3v) is 4.41. The molecular weight excluding hydrogens is 338 g/mol. The van der Waals surface area contributed by atoms with Crippen molar-refractivity contribution in [2.24, 2.45) is 5.92 Å². The van der Waals surface area contributed by atoms with E-state index in [-0.39, 0.29) is 11.8 Å². The first-order valence-electron chi connectivity index (χ1n) is 8.58. The van der Waals surface area contributed by atoms with Gasteiger partial charge in [-0.1, -0.05) is 26.0 Å². The van der Waals surface area contributed by atoms with Crippen LogP contribution in [-0.4, -0.2) is 18.4 Å². The Bertz CT molecular complexity index is 845. The van der Waals surface area contributed by atoms with E-state index < -0.39 is 23.1 Å². The molecule has 4 nitrogen and oxygen atoms in total. The summed E-state index contributed by atoms with van der Waals surface area (Å²) in [6.45, 7) is 4.29. The molecule has 3 rings (SSSR count). The quantitative estimate of drug-likeness (QED) is 0.896. The zero-order chi connectivity index (χ0) is 18.8. The van der Waals surface area contributed by atoms with E-state index in [1.54, 1.807) is 17.0 Å². The lowest BCUT2D eigenvalue weighted by molar-refractivity contribution is -0.121. The molecule has 0 aromatic heterocycles. The summed E-state index contributed by atoms with van der Waals surface area (Å²) < 4.78 is 27.6. The third kappa shape index (κ3) is 3.45. The van der Waals surface area contributed by atoms with E-state index in [0.717, 1.165) is 36.2 Å². The Morgan fingerprint density at radius 1 is 1.12 bits per heavy atom. The molecule has 2 aromatic rings. The lowest BCUT2D eigenvalue weighted by atomic mass is 9.99. The summed E-state index contributed by atoms with van der Waals surface area (Å²) in [6, 6.07) is 8.48. The molecule has 1 aliphatic rings. The van der Waals surface area contributed by atoms with Crippen molar-refractivity contribution >= 4 is 23.2 Å². The van der Waals surface area contributed by atoms with Gasteiger partial charge >= 0.3 is 0 Å². The van der Waals surface area contributed by atoms with Crippen molar-refractivity contribution in [1.29, 1.82) is 0 Å². The number of hydrogen-bond donors (Lipinski definition) is 1. The van der Waals surface area contributed by atoms with Crippen LogP contribution in [-0.2, 0) is 11.2 Å². The van der Waals surface area contributed by atoms with Gasteiger partial charge in [0.25, 0.3) is 5.91 Å². The molecule has 6 heteroatoms. The first-order chi connectivity index (χ1) is 12.4. The monoisotopic (exact) mass is 358 g/mol. The molecule has 0 bridgehead atoms. The van der Waals surface area contributed by atoms with Gasteiger partial charge < -0.3 is 10.2 Å². The molecule has 0 saturated carbocycles. The molecule has 1 N–H and O–H groups in total. The number of aryl methyl sites for hydroxylation is 1. The molecule has 2 aromatic carbocycles. The maximum Gasteiger partial charge on any atom is 0.261 e. The highest BCUT2D eigenvalue weighted by atomic mass is 19.1. The molecule has 26 heavy (non-hydrogen) atoms. The Balaban J connectivity index is 1.90. The predicted molar refractivity (Wildman–Crippen MR) is 96.3 cm³/mol. The molecule has 0 aliphatic carbocycles. The second kappa shape index (κ2) is 7.23. The predicted octanol–water partition coefficient (Wildman–Crippen LogP) is 4.15. The van der Waals surface area contributed by atoms with Crippen LogP contribution >= 0.6 is 0 Å². The standard InChI is InChI=1S/C20H20F2N2O2/c1-12(2)20(26)24-10-4-5-13-8-9-14(11-17(13)24)23-19(25)18-15(21)6-3-7-16(18)22/h3,6-9,11-12H,4-5,10H2,1-2H3,(H,23,25). The summed E-state index contributed by atoms with van der Waals surface area (Å²) in [6.07, 6.45) is 1.71. The van der Waals surface area contributed by atoms with Crippen LogP contribution in [0.2, 0.25) is 0 Å². The van der Waals surface area contributed by atoms with Gasteiger partial charge in [0, 0.05) is 23.8 Å². The lowest BCUT2D eigenvalue weighted by Gasteiger charge is -2.31. The van der Waals surface area contributed by atoms with Crippen LogP contribution < -0.4 is 10.2 Å². The molecule has 0 radical (unpaired) electrons. The molecule has 136 valence electrons. The molecule has 0 fully saturated rings. The Labute approximate surface area is 150 Å². The van der Waals surface area contributed by atoms with E-state index in [4.69, 9.17) is 0 Å². The molecule has 0 saturated heterocycles. The summed E-state index contributed by atoms with van der Waals surface area (Å²) in [5, 5.41) is 2.52. The van der Waals surface area contributed by atoms with Gasteiger partial charge in [-0.25, -0.2) is 8.78 Å². The van der Waals surface area contributed by atoms with Gasteiger partial charge in [-0.05, 0) is 42.7 Å². The van der Waals surface area contributed by atoms with Gasteiger partial charge in [-0.15, -0.1) is 0 Å². The van der Waals surface area contributed by atoms with Gasteiger partial charge in [0.05, 0.1) is 0 Å². The third-order valence-electron chi connectivity index (χ3n) is 4.41. The van der Waals surface area contributed by atoms with Gasteiger partial charge in [0.15, 0.2) is 0 Å². The summed E-state index contributed by atoms with van der Waals surface area (Å²) in [5.74, 6) is -2.84. The molecule has 0 spiro atoms. The molecule has 0 unspecified atom stereocenters. The number of carbonyl (C=O) groups excluding carboxylic acids is 2. The van der Waals surface area contributed by atoms with Crippen molar-refractivity contribution in [1.82, 2.24) is 0 Å². The molecule has 1 aliphatic heterocycles.